The van der Waals surface area contributed by atoms with Crippen molar-refractivity contribution >= 4 is 32.9 Å². The number of fused-ring (bicyclic) bond motifs is 1. The average molecular weight is 401 g/mol. The highest BCUT2D eigenvalue weighted by molar-refractivity contribution is 7.86. The van der Waals surface area contributed by atoms with E-state index in [9.17, 15) is 13.2 Å². The predicted octanol–water partition coefficient (Wildman–Crippen LogP) is 1.03. The Morgan fingerprint density at radius 1 is 1.25 bits per heavy atom. The van der Waals surface area contributed by atoms with Gasteiger partial charge in [0.25, 0.3) is 10.1 Å². The number of H-pyrrole nitrogens is 1. The second-order valence-corrected chi connectivity index (χ2v) is 8.31. The summed E-state index contributed by atoms with van der Waals surface area (Å²) in [5.74, 6) is 0.429. The van der Waals surface area contributed by atoms with Crippen molar-refractivity contribution in [2.24, 2.45) is 5.73 Å². The van der Waals surface area contributed by atoms with E-state index in [1.807, 2.05) is 36.4 Å². The fourth-order valence-corrected chi connectivity index (χ4v) is 4.11. The van der Waals surface area contributed by atoms with Crippen LogP contribution in [0.25, 0.3) is 22.4 Å². The molecular formula is C18H19N5O4S. The molecule has 146 valence electrons. The van der Waals surface area contributed by atoms with Crippen molar-refractivity contribution in [3.8, 4) is 11.4 Å². The van der Waals surface area contributed by atoms with Gasteiger partial charge in [-0.05, 0) is 6.07 Å². The summed E-state index contributed by atoms with van der Waals surface area (Å²) >= 11 is 0. The molecule has 3 aromatic rings. The molecule has 4 rings (SSSR count). The summed E-state index contributed by atoms with van der Waals surface area (Å²) in [4.78, 5) is 26.0. The largest absolute Gasteiger partial charge is 0.368 e. The van der Waals surface area contributed by atoms with E-state index in [1.54, 1.807) is 11.1 Å². The Morgan fingerprint density at radius 3 is 2.68 bits per heavy atom. The Hall–Kier alpha value is -2.98. The van der Waals surface area contributed by atoms with E-state index in [0.717, 1.165) is 11.8 Å². The maximum Gasteiger partial charge on any atom is 0.264 e. The first-order valence-corrected chi connectivity index (χ1v) is 10.5. The smallest absolute Gasteiger partial charge is 0.264 e. The van der Waals surface area contributed by atoms with Gasteiger partial charge in [0.05, 0.1) is 17.7 Å². The van der Waals surface area contributed by atoms with Gasteiger partial charge in [-0.25, -0.2) is 9.97 Å². The first-order valence-electron chi connectivity index (χ1n) is 8.66. The van der Waals surface area contributed by atoms with E-state index in [2.05, 4.69) is 15.0 Å². The number of amides is 1. The summed E-state index contributed by atoms with van der Waals surface area (Å²) in [7, 11) is -3.66. The SMILES string of the molecule is CS(=O)(=O)O[C@@H]1C[C@@H](C(N)=O)N(c2nc(-c3ccccc3)nc3[nH]ccc23)C1. The first kappa shape index (κ1) is 18.4. The molecule has 2 aromatic heterocycles. The van der Waals surface area contributed by atoms with E-state index < -0.39 is 28.2 Å². The van der Waals surface area contributed by atoms with Crippen LogP contribution < -0.4 is 10.6 Å². The summed E-state index contributed by atoms with van der Waals surface area (Å²) in [6.07, 6.45) is 2.20. The first-order chi connectivity index (χ1) is 13.3. The summed E-state index contributed by atoms with van der Waals surface area (Å²) in [6.45, 7) is 0.173. The minimum Gasteiger partial charge on any atom is -0.368 e. The molecule has 3 heterocycles. The average Bonchev–Trinajstić information content (AvgIpc) is 3.27. The fourth-order valence-electron chi connectivity index (χ4n) is 3.48. The number of rotatable bonds is 5. The third kappa shape index (κ3) is 3.56. The molecule has 0 bridgehead atoms. The predicted molar refractivity (Wildman–Crippen MR) is 104 cm³/mol. The van der Waals surface area contributed by atoms with Crippen molar-refractivity contribution in [3.63, 3.8) is 0 Å². The van der Waals surface area contributed by atoms with Crippen LogP contribution in [-0.4, -0.2) is 54.2 Å². The lowest BCUT2D eigenvalue weighted by molar-refractivity contribution is -0.119. The molecule has 3 N–H and O–H groups in total. The number of anilines is 1. The molecule has 0 saturated carbocycles. The summed E-state index contributed by atoms with van der Waals surface area (Å²) in [5.41, 5.74) is 7.01. The molecule has 0 unspecified atom stereocenters. The minimum absolute atomic E-state index is 0.166. The van der Waals surface area contributed by atoms with Gasteiger partial charge >= 0.3 is 0 Å². The quantitative estimate of drug-likeness (QED) is 0.611. The van der Waals surface area contributed by atoms with Crippen LogP contribution in [0.2, 0.25) is 0 Å². The van der Waals surface area contributed by atoms with E-state index in [1.165, 1.54) is 0 Å². The highest BCUT2D eigenvalue weighted by Gasteiger charge is 2.39. The number of carbonyl (C=O) groups excluding carboxylic acids is 1. The third-order valence-corrected chi connectivity index (χ3v) is 5.22. The van der Waals surface area contributed by atoms with Crippen molar-refractivity contribution in [1.82, 2.24) is 15.0 Å². The number of nitrogens with two attached hydrogens (primary N) is 1. The second kappa shape index (κ2) is 6.88. The number of nitrogens with one attached hydrogen (secondary N) is 1. The van der Waals surface area contributed by atoms with Crippen LogP contribution in [0.5, 0.6) is 0 Å². The summed E-state index contributed by atoms with van der Waals surface area (Å²) in [5, 5.41) is 0.714. The molecule has 10 heteroatoms. The molecule has 0 spiro atoms. The highest BCUT2D eigenvalue weighted by atomic mass is 32.2. The highest BCUT2D eigenvalue weighted by Crippen LogP contribution is 2.33. The summed E-state index contributed by atoms with van der Waals surface area (Å²) in [6, 6.07) is 10.5. The number of carbonyl (C=O) groups is 1. The van der Waals surface area contributed by atoms with Crippen LogP contribution in [0.3, 0.4) is 0 Å². The molecule has 1 aromatic carbocycles. The van der Waals surface area contributed by atoms with Gasteiger partial charge < -0.3 is 15.6 Å². The Bertz CT molecular complexity index is 1130. The topological polar surface area (TPSA) is 131 Å². The number of primary amides is 1. The van der Waals surface area contributed by atoms with Crippen LogP contribution >= 0.6 is 0 Å². The maximum atomic E-state index is 12.1. The molecule has 1 saturated heterocycles. The number of aromatic amines is 1. The lowest BCUT2D eigenvalue weighted by atomic mass is 10.2. The van der Waals surface area contributed by atoms with Crippen LogP contribution in [0, 0.1) is 0 Å². The molecule has 1 fully saturated rings. The fraction of sp³-hybridized carbons (Fsp3) is 0.278. The van der Waals surface area contributed by atoms with Crippen molar-refractivity contribution in [2.75, 3.05) is 17.7 Å². The Balaban J connectivity index is 1.80. The van der Waals surface area contributed by atoms with Crippen LogP contribution in [0.1, 0.15) is 6.42 Å². The lowest BCUT2D eigenvalue weighted by Crippen LogP contribution is -2.41. The second-order valence-electron chi connectivity index (χ2n) is 6.71. The number of benzene rings is 1. The normalized spacial score (nSPS) is 20.0. The van der Waals surface area contributed by atoms with Gasteiger partial charge in [0.2, 0.25) is 5.91 Å². The Kier molecular flexibility index (Phi) is 4.52. The van der Waals surface area contributed by atoms with Crippen molar-refractivity contribution in [1.29, 1.82) is 0 Å². The molecule has 2 atom stereocenters. The van der Waals surface area contributed by atoms with E-state index in [0.29, 0.717) is 22.7 Å². The van der Waals surface area contributed by atoms with Gasteiger partial charge in [-0.15, -0.1) is 0 Å². The molecule has 28 heavy (non-hydrogen) atoms. The maximum absolute atomic E-state index is 12.1. The van der Waals surface area contributed by atoms with Crippen LogP contribution in [0.4, 0.5) is 5.82 Å². The van der Waals surface area contributed by atoms with Gasteiger partial charge in [-0.2, -0.15) is 8.42 Å². The van der Waals surface area contributed by atoms with Crippen LogP contribution in [-0.2, 0) is 19.1 Å². The monoisotopic (exact) mass is 401 g/mol. The molecule has 1 aliphatic rings. The Labute approximate surface area is 161 Å². The molecule has 1 aliphatic heterocycles. The minimum atomic E-state index is -3.66. The van der Waals surface area contributed by atoms with Crippen molar-refractivity contribution in [2.45, 2.75) is 18.6 Å². The standard InChI is InChI=1S/C18H19N5O4S/c1-28(25,26)27-12-9-14(15(19)24)23(10-12)18-13-7-8-20-17(13)21-16(22-18)11-5-3-2-4-6-11/h2-8,12,14H,9-10H2,1H3,(H2,19,24)(H,20,21,22)/t12-,14+/m1/s1. The number of hydrogen-bond acceptors (Lipinski definition) is 7. The van der Waals surface area contributed by atoms with Gasteiger partial charge in [-0.1, -0.05) is 30.3 Å². The molecule has 1 amide bonds. The van der Waals surface area contributed by atoms with Gasteiger partial charge in [0.1, 0.15) is 17.5 Å². The van der Waals surface area contributed by atoms with Gasteiger partial charge in [-0.3, -0.25) is 8.98 Å². The zero-order chi connectivity index (χ0) is 19.9. The van der Waals surface area contributed by atoms with E-state index >= 15 is 0 Å². The number of aromatic nitrogens is 3. The van der Waals surface area contributed by atoms with Gasteiger partial charge in [0, 0.05) is 24.7 Å². The zero-order valence-corrected chi connectivity index (χ0v) is 15.9. The van der Waals surface area contributed by atoms with Crippen molar-refractivity contribution in [3.05, 3.63) is 42.6 Å². The summed E-state index contributed by atoms with van der Waals surface area (Å²) < 4.78 is 28.2. The van der Waals surface area contributed by atoms with Crippen LogP contribution in [0.15, 0.2) is 42.6 Å². The van der Waals surface area contributed by atoms with E-state index in [-0.39, 0.29) is 13.0 Å². The van der Waals surface area contributed by atoms with Gasteiger partial charge in [0.15, 0.2) is 5.82 Å². The molecule has 0 aliphatic carbocycles. The Morgan fingerprint density at radius 2 is 2.00 bits per heavy atom. The molecular weight excluding hydrogens is 382 g/mol. The lowest BCUT2D eigenvalue weighted by Gasteiger charge is -2.24. The number of nitrogens with zero attached hydrogens (tertiary/aromatic N) is 3. The van der Waals surface area contributed by atoms with Crippen molar-refractivity contribution < 1.29 is 17.4 Å². The zero-order valence-electron chi connectivity index (χ0n) is 15.1. The third-order valence-electron chi connectivity index (χ3n) is 4.60. The number of hydrogen-bond donors (Lipinski definition) is 2. The van der Waals surface area contributed by atoms with E-state index in [4.69, 9.17) is 9.92 Å². The molecule has 9 nitrogen and oxygen atoms in total. The molecule has 0 radical (unpaired) electrons.